The zero-order valence-corrected chi connectivity index (χ0v) is 11.7. The van der Waals surface area contributed by atoms with Crippen molar-refractivity contribution < 1.29 is 0 Å². The lowest BCUT2D eigenvalue weighted by Crippen LogP contribution is -2.62. The van der Waals surface area contributed by atoms with Gasteiger partial charge in [0.1, 0.15) is 6.33 Å². The minimum absolute atomic E-state index is 0.765. The van der Waals surface area contributed by atoms with Crippen molar-refractivity contribution in [1.29, 1.82) is 0 Å². The fourth-order valence-corrected chi connectivity index (χ4v) is 2.99. The highest BCUT2D eigenvalue weighted by molar-refractivity contribution is 5.00. The standard InChI is InChI=1S/C14H23N5/c1-2-17-5-7-19(8-6-17)14-10-18(11-14)9-13-3-4-15-12-16-13/h3-4,12,14H,2,5-11H2,1H3. The number of likely N-dealkylation sites (tertiary alicyclic amines) is 1. The molecule has 0 spiro atoms. The molecule has 104 valence electrons. The number of nitrogens with zero attached hydrogens (tertiary/aromatic N) is 5. The average molecular weight is 261 g/mol. The Morgan fingerprint density at radius 2 is 1.95 bits per heavy atom. The van der Waals surface area contributed by atoms with Crippen LogP contribution in [0, 0.1) is 0 Å². The van der Waals surface area contributed by atoms with Crippen LogP contribution in [0.5, 0.6) is 0 Å². The van der Waals surface area contributed by atoms with Crippen LogP contribution >= 0.6 is 0 Å². The Morgan fingerprint density at radius 1 is 1.16 bits per heavy atom. The molecule has 2 saturated heterocycles. The van der Waals surface area contributed by atoms with Crippen molar-refractivity contribution in [3.05, 3.63) is 24.3 Å². The molecule has 5 nitrogen and oxygen atoms in total. The Bertz CT molecular complexity index is 382. The summed E-state index contributed by atoms with van der Waals surface area (Å²) in [4.78, 5) is 15.9. The highest BCUT2D eigenvalue weighted by Crippen LogP contribution is 2.18. The smallest absolute Gasteiger partial charge is 0.115 e. The normalized spacial score (nSPS) is 23.4. The molecule has 0 N–H and O–H groups in total. The molecular weight excluding hydrogens is 238 g/mol. The molecule has 0 atom stereocenters. The molecule has 3 heterocycles. The quantitative estimate of drug-likeness (QED) is 0.779. The summed E-state index contributed by atoms with van der Waals surface area (Å²) >= 11 is 0. The number of hydrogen-bond donors (Lipinski definition) is 0. The van der Waals surface area contributed by atoms with E-state index in [0.717, 1.165) is 18.3 Å². The van der Waals surface area contributed by atoms with E-state index in [2.05, 4.69) is 31.6 Å². The van der Waals surface area contributed by atoms with Crippen LogP contribution in [0.4, 0.5) is 0 Å². The monoisotopic (exact) mass is 261 g/mol. The third-order valence-electron chi connectivity index (χ3n) is 4.34. The van der Waals surface area contributed by atoms with Gasteiger partial charge in [-0.3, -0.25) is 9.80 Å². The van der Waals surface area contributed by atoms with E-state index in [1.54, 1.807) is 6.33 Å². The molecule has 2 aliphatic rings. The topological polar surface area (TPSA) is 35.5 Å². The number of hydrogen-bond acceptors (Lipinski definition) is 5. The summed E-state index contributed by atoms with van der Waals surface area (Å²) in [5.41, 5.74) is 1.13. The van der Waals surface area contributed by atoms with Gasteiger partial charge in [0.25, 0.3) is 0 Å². The van der Waals surface area contributed by atoms with Crippen molar-refractivity contribution in [2.75, 3.05) is 45.8 Å². The van der Waals surface area contributed by atoms with E-state index in [1.807, 2.05) is 12.3 Å². The van der Waals surface area contributed by atoms with E-state index >= 15 is 0 Å². The van der Waals surface area contributed by atoms with Crippen LogP contribution in [-0.4, -0.2) is 76.5 Å². The van der Waals surface area contributed by atoms with Gasteiger partial charge in [0, 0.05) is 58.1 Å². The van der Waals surface area contributed by atoms with Crippen LogP contribution < -0.4 is 0 Å². The summed E-state index contributed by atoms with van der Waals surface area (Å²) in [6.07, 6.45) is 3.46. The van der Waals surface area contributed by atoms with Crippen LogP contribution in [-0.2, 0) is 6.54 Å². The SMILES string of the molecule is CCN1CCN(C2CN(Cc3ccncn3)C2)CC1. The van der Waals surface area contributed by atoms with E-state index in [0.29, 0.717) is 0 Å². The minimum Gasteiger partial charge on any atom is -0.301 e. The Balaban J connectivity index is 1.41. The van der Waals surface area contributed by atoms with Crippen molar-refractivity contribution in [3.8, 4) is 0 Å². The Kier molecular flexibility index (Phi) is 4.06. The summed E-state index contributed by atoms with van der Waals surface area (Å²) in [6, 6.07) is 2.77. The van der Waals surface area contributed by atoms with Crippen molar-refractivity contribution in [2.24, 2.45) is 0 Å². The van der Waals surface area contributed by atoms with Crippen molar-refractivity contribution in [1.82, 2.24) is 24.7 Å². The van der Waals surface area contributed by atoms with Crippen LogP contribution in [0.3, 0.4) is 0 Å². The van der Waals surface area contributed by atoms with E-state index in [-0.39, 0.29) is 0 Å². The molecule has 5 heteroatoms. The van der Waals surface area contributed by atoms with Crippen molar-refractivity contribution >= 4 is 0 Å². The molecule has 3 rings (SSSR count). The molecule has 1 aromatic heterocycles. The fourth-order valence-electron chi connectivity index (χ4n) is 2.99. The maximum absolute atomic E-state index is 4.29. The average Bonchev–Trinajstić information content (AvgIpc) is 2.44. The second-order valence-corrected chi connectivity index (χ2v) is 5.52. The summed E-state index contributed by atoms with van der Waals surface area (Å²) in [7, 11) is 0. The number of aromatic nitrogens is 2. The van der Waals surface area contributed by atoms with Crippen LogP contribution in [0.15, 0.2) is 18.6 Å². The van der Waals surface area contributed by atoms with Gasteiger partial charge in [-0.05, 0) is 12.6 Å². The molecule has 1 aromatic rings. The molecule has 0 amide bonds. The first kappa shape index (κ1) is 13.0. The van der Waals surface area contributed by atoms with E-state index in [9.17, 15) is 0 Å². The number of rotatable bonds is 4. The Labute approximate surface area is 115 Å². The van der Waals surface area contributed by atoms with Gasteiger partial charge in [-0.25, -0.2) is 9.97 Å². The number of piperazine rings is 1. The van der Waals surface area contributed by atoms with Gasteiger partial charge in [-0.1, -0.05) is 6.92 Å². The lowest BCUT2D eigenvalue weighted by atomic mass is 10.1. The molecule has 19 heavy (non-hydrogen) atoms. The van der Waals surface area contributed by atoms with Crippen LogP contribution in [0.2, 0.25) is 0 Å². The predicted octanol–water partition coefficient (Wildman–Crippen LogP) is 0.298. The summed E-state index contributed by atoms with van der Waals surface area (Å²) in [5, 5.41) is 0. The first-order valence-corrected chi connectivity index (χ1v) is 7.29. The van der Waals surface area contributed by atoms with Gasteiger partial charge in [-0.2, -0.15) is 0 Å². The molecule has 0 bridgehead atoms. The molecule has 2 aliphatic heterocycles. The third kappa shape index (κ3) is 3.11. The highest BCUT2D eigenvalue weighted by atomic mass is 15.3. The zero-order valence-electron chi connectivity index (χ0n) is 11.7. The zero-order chi connectivity index (χ0) is 13.1. The van der Waals surface area contributed by atoms with Gasteiger partial charge in [0.2, 0.25) is 0 Å². The lowest BCUT2D eigenvalue weighted by Gasteiger charge is -2.48. The van der Waals surface area contributed by atoms with E-state index in [1.165, 1.54) is 45.8 Å². The summed E-state index contributed by atoms with van der Waals surface area (Å²) in [6.45, 7) is 11.7. The van der Waals surface area contributed by atoms with Crippen LogP contribution in [0.1, 0.15) is 12.6 Å². The van der Waals surface area contributed by atoms with E-state index < -0.39 is 0 Å². The first-order chi connectivity index (χ1) is 9.35. The van der Waals surface area contributed by atoms with Crippen LogP contribution in [0.25, 0.3) is 0 Å². The summed E-state index contributed by atoms with van der Waals surface area (Å²) < 4.78 is 0. The molecule has 0 saturated carbocycles. The van der Waals surface area contributed by atoms with Gasteiger partial charge < -0.3 is 4.90 Å². The van der Waals surface area contributed by atoms with E-state index in [4.69, 9.17) is 0 Å². The minimum atomic E-state index is 0.765. The maximum Gasteiger partial charge on any atom is 0.115 e. The lowest BCUT2D eigenvalue weighted by molar-refractivity contribution is 0.00156. The first-order valence-electron chi connectivity index (χ1n) is 7.29. The molecule has 0 unspecified atom stereocenters. The maximum atomic E-state index is 4.29. The Morgan fingerprint density at radius 3 is 2.58 bits per heavy atom. The second kappa shape index (κ2) is 5.94. The molecule has 0 aromatic carbocycles. The van der Waals surface area contributed by atoms with Gasteiger partial charge in [-0.15, -0.1) is 0 Å². The second-order valence-electron chi connectivity index (χ2n) is 5.52. The fraction of sp³-hybridized carbons (Fsp3) is 0.714. The highest BCUT2D eigenvalue weighted by Gasteiger charge is 2.33. The molecule has 0 aliphatic carbocycles. The Hall–Kier alpha value is -1.04. The summed E-state index contributed by atoms with van der Waals surface area (Å²) in [5.74, 6) is 0. The van der Waals surface area contributed by atoms with Crippen molar-refractivity contribution in [2.45, 2.75) is 19.5 Å². The predicted molar refractivity (Wildman–Crippen MR) is 74.8 cm³/mol. The molecule has 0 radical (unpaired) electrons. The van der Waals surface area contributed by atoms with Gasteiger partial charge in [0.15, 0.2) is 0 Å². The van der Waals surface area contributed by atoms with Gasteiger partial charge in [0.05, 0.1) is 5.69 Å². The molecule has 2 fully saturated rings. The molecular formula is C14H23N5. The van der Waals surface area contributed by atoms with Gasteiger partial charge >= 0.3 is 0 Å². The number of likely N-dealkylation sites (N-methyl/N-ethyl adjacent to an activating group) is 1. The largest absolute Gasteiger partial charge is 0.301 e. The van der Waals surface area contributed by atoms with Crippen molar-refractivity contribution in [3.63, 3.8) is 0 Å². The third-order valence-corrected chi connectivity index (χ3v) is 4.34.